The highest BCUT2D eigenvalue weighted by molar-refractivity contribution is 5.46. The summed E-state index contributed by atoms with van der Waals surface area (Å²) in [6, 6.07) is 4.36. The van der Waals surface area contributed by atoms with Crippen molar-refractivity contribution >= 4 is 0 Å². The number of ether oxygens (including phenoxy) is 2. The molecular weight excluding hydrogens is 403 g/mol. The SMILES string of the molecule is C[C@]12CC[C@@H]3c4cc(O)c(C5CCCCO5)cc4CC[C@H]3[C@@H]1C[C@H](C1OCCCC1F)C2. The lowest BCUT2D eigenvalue weighted by atomic mass is 9.56. The van der Waals surface area contributed by atoms with E-state index in [4.69, 9.17) is 9.47 Å². The molecule has 3 nitrogen and oxygen atoms in total. The highest BCUT2D eigenvalue weighted by Crippen LogP contribution is 2.63. The minimum atomic E-state index is -0.780. The van der Waals surface area contributed by atoms with Crippen molar-refractivity contribution in [3.05, 3.63) is 28.8 Å². The summed E-state index contributed by atoms with van der Waals surface area (Å²) in [5.74, 6) is 2.66. The second-order valence-electron chi connectivity index (χ2n) is 11.8. The van der Waals surface area contributed by atoms with Gasteiger partial charge in [0.1, 0.15) is 11.9 Å². The zero-order valence-corrected chi connectivity index (χ0v) is 19.5. The third-order valence-electron chi connectivity index (χ3n) is 9.96. The molecule has 32 heavy (non-hydrogen) atoms. The molecule has 0 spiro atoms. The van der Waals surface area contributed by atoms with Gasteiger partial charge >= 0.3 is 0 Å². The van der Waals surface area contributed by atoms with Crippen LogP contribution in [0.3, 0.4) is 0 Å². The van der Waals surface area contributed by atoms with Gasteiger partial charge < -0.3 is 14.6 Å². The fraction of sp³-hybridized carbons (Fsp3) is 0.786. The van der Waals surface area contributed by atoms with E-state index < -0.39 is 6.17 Å². The largest absolute Gasteiger partial charge is 0.508 e. The van der Waals surface area contributed by atoms with Crippen LogP contribution in [0.1, 0.15) is 99.8 Å². The Morgan fingerprint density at radius 3 is 2.69 bits per heavy atom. The fourth-order valence-corrected chi connectivity index (χ4v) is 8.44. The van der Waals surface area contributed by atoms with Crippen molar-refractivity contribution in [2.24, 2.45) is 23.2 Å². The first-order valence-corrected chi connectivity index (χ1v) is 13.3. The van der Waals surface area contributed by atoms with Crippen LogP contribution in [0.25, 0.3) is 0 Å². The highest BCUT2D eigenvalue weighted by atomic mass is 19.1. The number of aromatic hydroxyl groups is 1. The number of hydrogen-bond acceptors (Lipinski definition) is 3. The van der Waals surface area contributed by atoms with E-state index in [1.807, 2.05) is 0 Å². The van der Waals surface area contributed by atoms with E-state index in [2.05, 4.69) is 19.1 Å². The number of hydrogen-bond donors (Lipinski definition) is 1. The summed E-state index contributed by atoms with van der Waals surface area (Å²) in [6.45, 7) is 4.01. The molecule has 2 saturated carbocycles. The van der Waals surface area contributed by atoms with E-state index >= 15 is 0 Å². The van der Waals surface area contributed by atoms with Gasteiger partial charge in [-0.2, -0.15) is 0 Å². The monoisotopic (exact) mass is 442 g/mol. The summed E-state index contributed by atoms with van der Waals surface area (Å²) >= 11 is 0. The Kier molecular flexibility index (Phi) is 5.53. The van der Waals surface area contributed by atoms with Crippen LogP contribution in [0, 0.1) is 23.2 Å². The lowest BCUT2D eigenvalue weighted by Crippen LogP contribution is -2.39. The molecule has 6 rings (SSSR count). The van der Waals surface area contributed by atoms with Gasteiger partial charge in [0.15, 0.2) is 0 Å². The molecule has 2 aliphatic heterocycles. The van der Waals surface area contributed by atoms with Crippen LogP contribution >= 0.6 is 0 Å². The maximum absolute atomic E-state index is 14.7. The van der Waals surface area contributed by atoms with Crippen molar-refractivity contribution in [1.82, 2.24) is 0 Å². The van der Waals surface area contributed by atoms with E-state index in [1.165, 1.54) is 36.8 Å². The quantitative estimate of drug-likeness (QED) is 0.559. The van der Waals surface area contributed by atoms with Crippen molar-refractivity contribution < 1.29 is 19.0 Å². The molecule has 0 aromatic heterocycles. The molecule has 0 radical (unpaired) electrons. The summed E-state index contributed by atoms with van der Waals surface area (Å²) in [5, 5.41) is 11.0. The average molecular weight is 443 g/mol. The minimum absolute atomic E-state index is 0.0566. The third-order valence-corrected chi connectivity index (χ3v) is 9.96. The second-order valence-corrected chi connectivity index (χ2v) is 11.8. The molecule has 8 atom stereocenters. The first kappa shape index (κ1) is 21.4. The number of fused-ring (bicyclic) bond motifs is 5. The highest BCUT2D eigenvalue weighted by Gasteiger charge is 2.55. The molecule has 3 aliphatic carbocycles. The number of benzene rings is 1. The molecule has 2 saturated heterocycles. The van der Waals surface area contributed by atoms with Crippen molar-refractivity contribution in [1.29, 1.82) is 0 Å². The maximum Gasteiger partial charge on any atom is 0.127 e. The number of phenols is 1. The van der Waals surface area contributed by atoms with Crippen LogP contribution < -0.4 is 0 Å². The Morgan fingerprint density at radius 2 is 1.88 bits per heavy atom. The van der Waals surface area contributed by atoms with Gasteiger partial charge in [0.25, 0.3) is 0 Å². The first-order valence-electron chi connectivity index (χ1n) is 13.3. The summed E-state index contributed by atoms with van der Waals surface area (Å²) in [4.78, 5) is 0. The fourth-order valence-electron chi connectivity index (χ4n) is 8.44. The zero-order valence-electron chi connectivity index (χ0n) is 19.5. The lowest BCUT2D eigenvalue weighted by molar-refractivity contribution is -0.0719. The average Bonchev–Trinajstić information content (AvgIpc) is 3.17. The lowest BCUT2D eigenvalue weighted by Gasteiger charge is -2.49. The topological polar surface area (TPSA) is 38.7 Å². The molecule has 3 unspecified atom stereocenters. The molecular formula is C28H39FO3. The Balaban J connectivity index is 1.25. The van der Waals surface area contributed by atoms with Gasteiger partial charge in [0, 0.05) is 18.8 Å². The van der Waals surface area contributed by atoms with Crippen molar-refractivity contribution in [2.75, 3.05) is 13.2 Å². The van der Waals surface area contributed by atoms with Crippen LogP contribution in [0.4, 0.5) is 4.39 Å². The normalized spacial score (nSPS) is 43.9. The maximum atomic E-state index is 14.7. The van der Waals surface area contributed by atoms with Crippen LogP contribution in [-0.2, 0) is 15.9 Å². The van der Waals surface area contributed by atoms with E-state index in [0.717, 1.165) is 57.3 Å². The van der Waals surface area contributed by atoms with Crippen molar-refractivity contribution in [2.45, 2.75) is 102 Å². The van der Waals surface area contributed by atoms with E-state index in [0.29, 0.717) is 41.3 Å². The second kappa shape index (κ2) is 8.27. The third kappa shape index (κ3) is 3.52. The van der Waals surface area contributed by atoms with Crippen LogP contribution in [-0.4, -0.2) is 30.6 Å². The number of halogens is 1. The molecule has 176 valence electrons. The van der Waals surface area contributed by atoms with Gasteiger partial charge in [0.05, 0.1) is 12.2 Å². The summed E-state index contributed by atoms with van der Waals surface area (Å²) in [6.07, 6.45) is 10.9. The van der Waals surface area contributed by atoms with Gasteiger partial charge in [-0.3, -0.25) is 0 Å². The number of aryl methyl sites for hydroxylation is 1. The van der Waals surface area contributed by atoms with Gasteiger partial charge in [-0.25, -0.2) is 4.39 Å². The predicted octanol–water partition coefficient (Wildman–Crippen LogP) is 6.62. The summed E-state index contributed by atoms with van der Waals surface area (Å²) in [5.41, 5.74) is 4.15. The molecule has 1 aromatic rings. The first-order chi connectivity index (χ1) is 15.5. The van der Waals surface area contributed by atoms with E-state index in [-0.39, 0.29) is 12.2 Å². The molecule has 0 amide bonds. The van der Waals surface area contributed by atoms with Gasteiger partial charge in [0.2, 0.25) is 0 Å². The smallest absolute Gasteiger partial charge is 0.127 e. The zero-order chi connectivity index (χ0) is 21.9. The predicted molar refractivity (Wildman–Crippen MR) is 123 cm³/mol. The van der Waals surface area contributed by atoms with Crippen LogP contribution in [0.15, 0.2) is 12.1 Å². The Morgan fingerprint density at radius 1 is 1.00 bits per heavy atom. The van der Waals surface area contributed by atoms with Crippen LogP contribution in [0.2, 0.25) is 0 Å². The van der Waals surface area contributed by atoms with E-state index in [1.54, 1.807) is 0 Å². The standard InChI is InChI=1S/C28H39FO3/c1-28-10-9-19-20(23(28)14-18(16-28)27-24(29)5-4-12-32-27)8-7-17-13-22(25(30)15-21(17)19)26-6-2-3-11-31-26/h13,15,18-20,23-24,26-27,30H,2-12,14,16H2,1H3/t18-,19-,20+,23-,24?,26?,27?,28+/m0/s1. The van der Waals surface area contributed by atoms with Crippen LogP contribution in [0.5, 0.6) is 5.75 Å². The summed E-state index contributed by atoms with van der Waals surface area (Å²) in [7, 11) is 0. The Labute approximate surface area is 192 Å². The van der Waals surface area contributed by atoms with Crippen molar-refractivity contribution in [3.63, 3.8) is 0 Å². The molecule has 4 heteroatoms. The molecule has 1 N–H and O–H groups in total. The van der Waals surface area contributed by atoms with Gasteiger partial charge in [-0.15, -0.1) is 0 Å². The Bertz CT molecular complexity index is 849. The number of alkyl halides is 1. The molecule has 2 heterocycles. The Hall–Kier alpha value is -1.13. The number of phenolic OH excluding ortho intramolecular Hbond substituents is 1. The molecule has 1 aromatic carbocycles. The number of rotatable bonds is 2. The molecule has 5 aliphatic rings. The van der Waals surface area contributed by atoms with Gasteiger partial charge in [-0.05, 0) is 123 Å². The molecule has 4 fully saturated rings. The van der Waals surface area contributed by atoms with Gasteiger partial charge in [-0.1, -0.05) is 6.92 Å². The van der Waals surface area contributed by atoms with E-state index in [9.17, 15) is 9.50 Å². The molecule has 0 bridgehead atoms. The minimum Gasteiger partial charge on any atom is -0.508 e. The van der Waals surface area contributed by atoms with Crippen molar-refractivity contribution in [3.8, 4) is 5.75 Å². The summed E-state index contributed by atoms with van der Waals surface area (Å²) < 4.78 is 26.7.